The zero-order valence-electron chi connectivity index (χ0n) is 17.8. The summed E-state index contributed by atoms with van der Waals surface area (Å²) in [6.07, 6.45) is 3.33. The van der Waals surface area contributed by atoms with Gasteiger partial charge in [0.15, 0.2) is 0 Å². The molecule has 0 aliphatic carbocycles. The van der Waals surface area contributed by atoms with E-state index in [4.69, 9.17) is 46.0 Å². The summed E-state index contributed by atoms with van der Waals surface area (Å²) in [5.41, 5.74) is -1.11. The van der Waals surface area contributed by atoms with Crippen molar-refractivity contribution in [1.82, 2.24) is 0 Å². The molecule has 0 heterocycles. The average Bonchev–Trinajstić information content (AvgIpc) is 2.77. The lowest BCUT2D eigenvalue weighted by molar-refractivity contribution is -0.132. The van der Waals surface area contributed by atoms with Gasteiger partial charge < -0.3 is 46.0 Å². The molecular weight excluding hydrogens is 436 g/mol. The first-order chi connectivity index (χ1) is 14.7. The molecule has 0 spiro atoms. The highest BCUT2D eigenvalue weighted by atomic mass is 16.4. The van der Waals surface area contributed by atoms with Gasteiger partial charge in [-0.2, -0.15) is 0 Å². The number of carbonyl (C=O) groups is 4. The van der Waals surface area contributed by atoms with Crippen molar-refractivity contribution in [2.24, 2.45) is 5.41 Å². The Morgan fingerprint density at radius 1 is 0.562 bits per heavy atom. The molecule has 13 nitrogen and oxygen atoms in total. The maximum absolute atomic E-state index is 9.25. The minimum absolute atomic E-state index is 0.250. The predicted octanol–water partition coefficient (Wildman–Crippen LogP) is -1.03. The third-order valence-corrected chi connectivity index (χ3v) is 2.04. The summed E-state index contributed by atoms with van der Waals surface area (Å²) < 4.78 is 0. The smallest absolute Gasteiger partial charge is 0.327 e. The second kappa shape index (κ2) is 35.1. The van der Waals surface area contributed by atoms with Gasteiger partial charge in [-0.15, -0.1) is 0 Å². The van der Waals surface area contributed by atoms with Gasteiger partial charge in [0.25, 0.3) is 0 Å². The van der Waals surface area contributed by atoms with Gasteiger partial charge >= 0.3 is 23.9 Å². The van der Waals surface area contributed by atoms with Crippen molar-refractivity contribution in [3.05, 3.63) is 50.6 Å². The predicted molar refractivity (Wildman–Crippen MR) is 115 cm³/mol. The van der Waals surface area contributed by atoms with E-state index in [1.807, 2.05) is 0 Å². The van der Waals surface area contributed by atoms with Gasteiger partial charge in [-0.05, 0) is 6.92 Å². The fourth-order valence-electron chi connectivity index (χ4n) is 0.300. The SMILES string of the molecule is C=CC(=O)O.C=CC(=O)O.C=CC(=O)O.C=CC(=O)O.CCO.OCC(CO)(CO)CO. The third-order valence-electron chi connectivity index (χ3n) is 2.04. The summed E-state index contributed by atoms with van der Waals surface area (Å²) >= 11 is 0. The number of carboxylic acid groups (broad SMARTS) is 4. The summed E-state index contributed by atoms with van der Waals surface area (Å²) in [4.78, 5) is 37.0. The minimum atomic E-state index is -1.11. The number of hydrogen-bond acceptors (Lipinski definition) is 9. The zero-order chi connectivity index (χ0) is 27.2. The van der Waals surface area contributed by atoms with Crippen molar-refractivity contribution in [3.8, 4) is 0 Å². The number of hydrogen-bond donors (Lipinski definition) is 9. The zero-order valence-corrected chi connectivity index (χ0v) is 17.8. The van der Waals surface area contributed by atoms with Gasteiger partial charge in [0.1, 0.15) is 0 Å². The molecule has 9 N–H and O–H groups in total. The average molecular weight is 470 g/mol. The number of rotatable bonds is 8. The van der Waals surface area contributed by atoms with Gasteiger partial charge in [-0.1, -0.05) is 26.3 Å². The standard InChI is InChI=1S/C5H12O4.4C3H4O2.C2H6O/c6-1-5(2-7,3-8)4-9;4*1-2-3(4)5;1-2-3/h6-9H,1-4H2;4*2H,1H2,(H,4,5);3H,2H2,1H3. The van der Waals surface area contributed by atoms with Crippen LogP contribution in [-0.2, 0) is 19.2 Å². The lowest BCUT2D eigenvalue weighted by atomic mass is 9.93. The first-order valence-corrected chi connectivity index (χ1v) is 8.20. The highest BCUT2D eigenvalue weighted by Crippen LogP contribution is 2.11. The van der Waals surface area contributed by atoms with Crippen molar-refractivity contribution in [2.75, 3.05) is 33.0 Å². The molecule has 0 saturated carbocycles. The molecule has 188 valence electrons. The van der Waals surface area contributed by atoms with E-state index in [0.717, 1.165) is 24.3 Å². The van der Waals surface area contributed by atoms with Crippen LogP contribution in [0, 0.1) is 5.41 Å². The Labute approximate surface area is 185 Å². The largest absolute Gasteiger partial charge is 0.478 e. The number of aliphatic hydroxyl groups is 5. The van der Waals surface area contributed by atoms with E-state index >= 15 is 0 Å². The van der Waals surface area contributed by atoms with Crippen molar-refractivity contribution < 1.29 is 65.1 Å². The molecule has 13 heteroatoms. The first kappa shape index (κ1) is 42.7. The molecular formula is C19H34O13. The van der Waals surface area contributed by atoms with Crippen LogP contribution in [0.5, 0.6) is 0 Å². The monoisotopic (exact) mass is 470 g/mol. The lowest BCUT2D eigenvalue weighted by Crippen LogP contribution is -2.37. The van der Waals surface area contributed by atoms with Crippen molar-refractivity contribution in [3.63, 3.8) is 0 Å². The highest BCUT2D eigenvalue weighted by Gasteiger charge is 2.26. The fourth-order valence-corrected chi connectivity index (χ4v) is 0.300. The van der Waals surface area contributed by atoms with E-state index in [1.165, 1.54) is 0 Å². The van der Waals surface area contributed by atoms with E-state index in [2.05, 4.69) is 26.3 Å². The molecule has 0 unspecified atom stereocenters. The Hall–Kier alpha value is -3.36. The van der Waals surface area contributed by atoms with Gasteiger partial charge in [-0.25, -0.2) is 19.2 Å². The van der Waals surface area contributed by atoms with Gasteiger partial charge in [0.05, 0.1) is 31.8 Å². The van der Waals surface area contributed by atoms with Gasteiger partial charge in [0.2, 0.25) is 0 Å². The van der Waals surface area contributed by atoms with Crippen LogP contribution in [0.4, 0.5) is 0 Å². The summed E-state index contributed by atoms with van der Waals surface area (Å²) in [7, 11) is 0. The number of aliphatic hydroxyl groups excluding tert-OH is 5. The van der Waals surface area contributed by atoms with Crippen LogP contribution in [0.2, 0.25) is 0 Å². The molecule has 32 heavy (non-hydrogen) atoms. The van der Waals surface area contributed by atoms with Gasteiger partial charge in [-0.3, -0.25) is 0 Å². The van der Waals surface area contributed by atoms with Crippen molar-refractivity contribution >= 4 is 23.9 Å². The Morgan fingerprint density at radius 2 is 0.656 bits per heavy atom. The van der Waals surface area contributed by atoms with Crippen LogP contribution in [0.15, 0.2) is 50.6 Å². The van der Waals surface area contributed by atoms with Gasteiger partial charge in [0, 0.05) is 30.9 Å². The molecule has 0 aromatic rings. The molecule has 0 aliphatic rings. The molecule has 0 aromatic carbocycles. The van der Waals surface area contributed by atoms with Crippen molar-refractivity contribution in [1.29, 1.82) is 0 Å². The molecule has 0 radical (unpaired) electrons. The summed E-state index contributed by atoms with van der Waals surface area (Å²) in [5, 5.41) is 72.0. The molecule has 0 fully saturated rings. The van der Waals surface area contributed by atoms with E-state index in [1.54, 1.807) is 6.92 Å². The maximum atomic E-state index is 9.25. The molecule has 0 amide bonds. The summed E-state index contributed by atoms with van der Waals surface area (Å²) in [6.45, 7) is 12.1. The van der Waals surface area contributed by atoms with E-state index in [0.29, 0.717) is 0 Å². The normalized spacial score (nSPS) is 7.94. The van der Waals surface area contributed by atoms with Crippen molar-refractivity contribution in [2.45, 2.75) is 6.92 Å². The van der Waals surface area contributed by atoms with Crippen LogP contribution in [0.3, 0.4) is 0 Å². The van der Waals surface area contributed by atoms with E-state index < -0.39 is 55.7 Å². The molecule has 0 atom stereocenters. The molecule has 0 aliphatic heterocycles. The molecule has 0 rings (SSSR count). The maximum Gasteiger partial charge on any atom is 0.327 e. The van der Waals surface area contributed by atoms with E-state index in [9.17, 15) is 19.2 Å². The van der Waals surface area contributed by atoms with Crippen LogP contribution in [0.1, 0.15) is 6.92 Å². The van der Waals surface area contributed by atoms with E-state index in [-0.39, 0.29) is 6.61 Å². The third kappa shape index (κ3) is 63.3. The second-order valence-electron chi connectivity index (χ2n) is 4.62. The lowest BCUT2D eigenvalue weighted by Gasteiger charge is -2.23. The highest BCUT2D eigenvalue weighted by molar-refractivity contribution is 5.79. The van der Waals surface area contributed by atoms with Crippen LogP contribution < -0.4 is 0 Å². The van der Waals surface area contributed by atoms with Crippen LogP contribution >= 0.6 is 0 Å². The quantitative estimate of drug-likeness (QED) is 0.193. The fraction of sp³-hybridized carbons (Fsp3) is 0.368. The molecule has 0 bridgehead atoms. The summed E-state index contributed by atoms with van der Waals surface area (Å²) in [6, 6.07) is 0. The Balaban J connectivity index is -0.0000000656. The number of carboxylic acids is 4. The van der Waals surface area contributed by atoms with Crippen LogP contribution in [-0.4, -0.2) is 103 Å². The Kier molecular flexibility index (Phi) is 46.8. The Bertz CT molecular complexity index is 434. The first-order valence-electron chi connectivity index (χ1n) is 8.20. The molecule has 0 saturated heterocycles. The van der Waals surface area contributed by atoms with Crippen LogP contribution in [0.25, 0.3) is 0 Å². The Morgan fingerprint density at radius 3 is 0.656 bits per heavy atom. The topological polar surface area (TPSA) is 250 Å². The number of aliphatic carboxylic acids is 4. The summed E-state index contributed by atoms with van der Waals surface area (Å²) in [5.74, 6) is -3.93. The second-order valence-corrected chi connectivity index (χ2v) is 4.62. The molecule has 0 aromatic heterocycles. The minimum Gasteiger partial charge on any atom is -0.478 e.